The number of amides is 1. The smallest absolute Gasteiger partial charge is 0.255 e. The summed E-state index contributed by atoms with van der Waals surface area (Å²) >= 11 is 1.70. The molecule has 0 bridgehead atoms. The number of benzene rings is 2. The second-order valence-corrected chi connectivity index (χ2v) is 6.48. The predicted molar refractivity (Wildman–Crippen MR) is 92.7 cm³/mol. The molecule has 3 rings (SSSR count). The zero-order valence-electron chi connectivity index (χ0n) is 12.7. The molecule has 1 heterocycles. The molecule has 0 atom stereocenters. The minimum atomic E-state index is -0.0855. The zero-order valence-corrected chi connectivity index (χ0v) is 13.5. The van der Waals surface area contributed by atoms with E-state index in [2.05, 4.69) is 17.2 Å². The first kappa shape index (κ1) is 14.7. The topological polar surface area (TPSA) is 42.0 Å². The van der Waals surface area contributed by atoms with Gasteiger partial charge in [-0.3, -0.25) is 4.79 Å². The normalized spacial score (nSPS) is 10.8. The molecule has 0 saturated heterocycles. The number of nitrogens with zero attached hydrogens (tertiary/aromatic N) is 1. The lowest BCUT2D eigenvalue weighted by Gasteiger charge is -2.05. The Balaban J connectivity index is 1.81. The number of aryl methyl sites for hydroxylation is 2. The number of fused-ring (bicyclic) bond motifs is 1. The second-order valence-electron chi connectivity index (χ2n) is 5.36. The fourth-order valence-corrected chi connectivity index (χ4v) is 3.39. The Morgan fingerprint density at radius 1 is 1.18 bits per heavy atom. The predicted octanol–water partition coefficient (Wildman–Crippen LogP) is 4.81. The summed E-state index contributed by atoms with van der Waals surface area (Å²) < 4.78 is 1.12. The fourth-order valence-electron chi connectivity index (χ4n) is 2.28. The van der Waals surface area contributed by atoms with Gasteiger partial charge >= 0.3 is 0 Å². The lowest BCUT2D eigenvalue weighted by Crippen LogP contribution is -2.11. The Morgan fingerprint density at radius 3 is 2.68 bits per heavy atom. The zero-order chi connectivity index (χ0) is 15.5. The van der Waals surface area contributed by atoms with Gasteiger partial charge < -0.3 is 5.32 Å². The van der Waals surface area contributed by atoms with Gasteiger partial charge in [-0.15, -0.1) is 11.3 Å². The second kappa shape index (κ2) is 6.28. The van der Waals surface area contributed by atoms with Gasteiger partial charge in [-0.25, -0.2) is 4.98 Å². The standard InChI is InChI=1S/C18H18N2OS/c1-3-4-17-20-15-10-9-14(11-16(15)22-17)19-18(21)13-7-5-12(2)6-8-13/h5-11H,3-4H2,1-2H3,(H,19,21). The van der Waals surface area contributed by atoms with E-state index in [-0.39, 0.29) is 5.91 Å². The molecule has 0 spiro atoms. The van der Waals surface area contributed by atoms with Crippen LogP contribution in [-0.4, -0.2) is 10.9 Å². The van der Waals surface area contributed by atoms with E-state index in [1.54, 1.807) is 11.3 Å². The van der Waals surface area contributed by atoms with Gasteiger partial charge in [0.25, 0.3) is 5.91 Å². The molecule has 4 heteroatoms. The molecule has 0 unspecified atom stereocenters. The Labute approximate surface area is 134 Å². The molecule has 22 heavy (non-hydrogen) atoms. The third kappa shape index (κ3) is 3.17. The molecule has 112 valence electrons. The van der Waals surface area contributed by atoms with Crippen molar-refractivity contribution in [2.75, 3.05) is 5.32 Å². The summed E-state index contributed by atoms with van der Waals surface area (Å²) in [7, 11) is 0. The minimum absolute atomic E-state index is 0.0855. The van der Waals surface area contributed by atoms with Gasteiger partial charge in [-0.1, -0.05) is 24.6 Å². The Bertz CT molecular complexity index is 806. The van der Waals surface area contributed by atoms with E-state index in [0.717, 1.165) is 39.3 Å². The van der Waals surface area contributed by atoms with Crippen molar-refractivity contribution in [1.29, 1.82) is 0 Å². The quantitative estimate of drug-likeness (QED) is 0.751. The molecule has 0 radical (unpaired) electrons. The maximum Gasteiger partial charge on any atom is 0.255 e. The molecule has 3 aromatic rings. The van der Waals surface area contributed by atoms with E-state index in [9.17, 15) is 4.79 Å². The SMILES string of the molecule is CCCc1nc2ccc(NC(=O)c3ccc(C)cc3)cc2s1. The van der Waals surface area contributed by atoms with Crippen molar-refractivity contribution in [1.82, 2.24) is 4.98 Å². The van der Waals surface area contributed by atoms with Gasteiger partial charge in [0.1, 0.15) is 0 Å². The van der Waals surface area contributed by atoms with Crippen LogP contribution in [0.2, 0.25) is 0 Å². The van der Waals surface area contributed by atoms with Crippen LogP contribution in [0.1, 0.15) is 34.3 Å². The molecule has 0 aliphatic heterocycles. The van der Waals surface area contributed by atoms with Gasteiger partial charge in [0.2, 0.25) is 0 Å². The van der Waals surface area contributed by atoms with E-state index in [4.69, 9.17) is 0 Å². The van der Waals surface area contributed by atoms with Crippen LogP contribution in [-0.2, 0) is 6.42 Å². The van der Waals surface area contributed by atoms with Gasteiger partial charge in [0.05, 0.1) is 15.2 Å². The molecule has 0 aliphatic rings. The first-order valence-corrected chi connectivity index (χ1v) is 8.25. The Kier molecular flexibility index (Phi) is 4.20. The lowest BCUT2D eigenvalue weighted by atomic mass is 10.1. The average molecular weight is 310 g/mol. The molecule has 1 amide bonds. The number of rotatable bonds is 4. The molecule has 3 nitrogen and oxygen atoms in total. The summed E-state index contributed by atoms with van der Waals surface area (Å²) in [5.74, 6) is -0.0855. The summed E-state index contributed by atoms with van der Waals surface area (Å²) in [6.07, 6.45) is 2.10. The molecular weight excluding hydrogens is 292 g/mol. The molecule has 1 N–H and O–H groups in total. The van der Waals surface area contributed by atoms with E-state index in [1.165, 1.54) is 0 Å². The first-order chi connectivity index (χ1) is 10.7. The highest BCUT2D eigenvalue weighted by Gasteiger charge is 2.08. The van der Waals surface area contributed by atoms with Crippen molar-refractivity contribution in [3.63, 3.8) is 0 Å². The number of hydrogen-bond donors (Lipinski definition) is 1. The van der Waals surface area contributed by atoms with Crippen molar-refractivity contribution in [2.45, 2.75) is 26.7 Å². The van der Waals surface area contributed by atoms with Crippen LogP contribution in [0.25, 0.3) is 10.2 Å². The van der Waals surface area contributed by atoms with Crippen LogP contribution >= 0.6 is 11.3 Å². The van der Waals surface area contributed by atoms with Gasteiger partial charge in [0.15, 0.2) is 0 Å². The highest BCUT2D eigenvalue weighted by molar-refractivity contribution is 7.18. The van der Waals surface area contributed by atoms with Crippen LogP contribution in [0.5, 0.6) is 0 Å². The van der Waals surface area contributed by atoms with Crippen LogP contribution in [0.15, 0.2) is 42.5 Å². The third-order valence-electron chi connectivity index (χ3n) is 3.47. The molecule has 1 aromatic heterocycles. The van der Waals surface area contributed by atoms with E-state index >= 15 is 0 Å². The highest BCUT2D eigenvalue weighted by Crippen LogP contribution is 2.26. The van der Waals surface area contributed by atoms with Crippen LogP contribution in [0, 0.1) is 6.92 Å². The molecular formula is C18H18N2OS. The maximum atomic E-state index is 12.2. The average Bonchev–Trinajstić information content (AvgIpc) is 2.90. The number of aromatic nitrogens is 1. The van der Waals surface area contributed by atoms with Crippen molar-refractivity contribution in [3.8, 4) is 0 Å². The molecule has 0 saturated carbocycles. The van der Waals surface area contributed by atoms with Crippen LogP contribution < -0.4 is 5.32 Å². The summed E-state index contributed by atoms with van der Waals surface area (Å²) in [5.41, 5.74) is 3.62. The number of thiazole rings is 1. The molecule has 0 aliphatic carbocycles. The summed E-state index contributed by atoms with van der Waals surface area (Å²) in [5, 5.41) is 4.10. The largest absolute Gasteiger partial charge is 0.322 e. The van der Waals surface area contributed by atoms with Crippen molar-refractivity contribution in [2.24, 2.45) is 0 Å². The highest BCUT2D eigenvalue weighted by atomic mass is 32.1. The van der Waals surface area contributed by atoms with Gasteiger partial charge in [0, 0.05) is 11.3 Å². The summed E-state index contributed by atoms with van der Waals surface area (Å²) in [6.45, 7) is 4.16. The number of carbonyl (C=O) groups is 1. The van der Waals surface area contributed by atoms with Crippen molar-refractivity contribution in [3.05, 3.63) is 58.6 Å². The molecule has 2 aromatic carbocycles. The summed E-state index contributed by atoms with van der Waals surface area (Å²) in [4.78, 5) is 16.8. The van der Waals surface area contributed by atoms with Gasteiger partial charge in [-0.2, -0.15) is 0 Å². The van der Waals surface area contributed by atoms with Crippen molar-refractivity contribution >= 4 is 33.1 Å². The van der Waals surface area contributed by atoms with E-state index in [0.29, 0.717) is 5.56 Å². The number of anilines is 1. The first-order valence-electron chi connectivity index (χ1n) is 7.43. The van der Waals surface area contributed by atoms with Gasteiger partial charge in [-0.05, 0) is 50.1 Å². The lowest BCUT2D eigenvalue weighted by molar-refractivity contribution is 0.102. The molecule has 0 fully saturated rings. The van der Waals surface area contributed by atoms with Crippen LogP contribution in [0.3, 0.4) is 0 Å². The monoisotopic (exact) mass is 310 g/mol. The minimum Gasteiger partial charge on any atom is -0.322 e. The Morgan fingerprint density at radius 2 is 1.95 bits per heavy atom. The number of hydrogen-bond acceptors (Lipinski definition) is 3. The summed E-state index contributed by atoms with van der Waals surface area (Å²) in [6, 6.07) is 13.4. The third-order valence-corrected chi connectivity index (χ3v) is 4.55. The maximum absolute atomic E-state index is 12.2. The van der Waals surface area contributed by atoms with E-state index in [1.807, 2.05) is 49.4 Å². The number of carbonyl (C=O) groups excluding carboxylic acids is 1. The van der Waals surface area contributed by atoms with E-state index < -0.39 is 0 Å². The fraction of sp³-hybridized carbons (Fsp3) is 0.222. The van der Waals surface area contributed by atoms with Crippen LogP contribution in [0.4, 0.5) is 5.69 Å². The Hall–Kier alpha value is -2.20. The number of nitrogens with one attached hydrogen (secondary N) is 1. The van der Waals surface area contributed by atoms with Crippen molar-refractivity contribution < 1.29 is 4.79 Å².